The van der Waals surface area contributed by atoms with Gasteiger partial charge in [-0.25, -0.2) is 0 Å². The van der Waals surface area contributed by atoms with Crippen molar-refractivity contribution in [1.29, 1.82) is 0 Å². The van der Waals surface area contributed by atoms with Crippen LogP contribution in [-0.2, 0) is 0 Å². The maximum absolute atomic E-state index is 3.79. The summed E-state index contributed by atoms with van der Waals surface area (Å²) < 4.78 is 5.24. The van der Waals surface area contributed by atoms with Gasteiger partial charge in [0.2, 0.25) is 0 Å². The molecule has 10 aromatic rings. The van der Waals surface area contributed by atoms with Gasteiger partial charge < -0.3 is 14.0 Å². The van der Waals surface area contributed by atoms with Crippen molar-refractivity contribution in [2.24, 2.45) is 0 Å². The van der Waals surface area contributed by atoms with Gasteiger partial charge in [0, 0.05) is 65.6 Å². The van der Waals surface area contributed by atoms with Crippen LogP contribution < -0.4 is 21.9 Å². The highest BCUT2D eigenvalue weighted by atomic mass is 15.0. The van der Waals surface area contributed by atoms with Crippen molar-refractivity contribution in [3.63, 3.8) is 0 Å². The van der Waals surface area contributed by atoms with Crippen molar-refractivity contribution < 1.29 is 0 Å². The van der Waals surface area contributed by atoms with E-state index < -0.39 is 0 Å². The number of rotatable bonds is 2. The molecule has 2 aliphatic heterocycles. The molecule has 0 saturated heterocycles. The molecule has 219 valence electrons. The molecule has 1 radical (unpaired) electrons. The molecule has 0 bridgehead atoms. The average Bonchev–Trinajstić information content (AvgIpc) is 3.79. The van der Waals surface area contributed by atoms with E-state index in [1.165, 1.54) is 110 Å². The minimum Gasteiger partial charge on any atom is -0.376 e. The van der Waals surface area contributed by atoms with E-state index in [1.807, 2.05) is 0 Å². The molecule has 0 fully saturated rings. The van der Waals surface area contributed by atoms with Crippen molar-refractivity contribution in [1.82, 2.24) is 14.0 Å². The second-order valence-electron chi connectivity index (χ2n) is 13.6. The van der Waals surface area contributed by atoms with Crippen LogP contribution in [0.1, 0.15) is 5.56 Å². The Labute approximate surface area is 277 Å². The van der Waals surface area contributed by atoms with Crippen molar-refractivity contribution in [3.8, 4) is 16.8 Å². The molecule has 7 aromatic carbocycles. The van der Waals surface area contributed by atoms with Gasteiger partial charge in [0.1, 0.15) is 0 Å². The normalized spacial score (nSPS) is 13.2. The molecule has 2 aliphatic rings. The Balaban J connectivity index is 1.26. The number of hydrogen-bond donors (Lipinski definition) is 1. The molecule has 1 N–H and O–H groups in total. The maximum atomic E-state index is 3.79. The van der Waals surface area contributed by atoms with Gasteiger partial charge in [-0.3, -0.25) is 0 Å². The molecule has 0 saturated carbocycles. The Hall–Kier alpha value is -5.93. The minimum absolute atomic E-state index is 0.00984. The van der Waals surface area contributed by atoms with E-state index in [-0.39, 0.29) is 6.85 Å². The Morgan fingerprint density at radius 2 is 1.25 bits per heavy atom. The van der Waals surface area contributed by atoms with Gasteiger partial charge in [-0.1, -0.05) is 132 Å². The molecule has 0 amide bonds. The first-order valence-electron chi connectivity index (χ1n) is 16.8. The number of para-hydroxylation sites is 6. The van der Waals surface area contributed by atoms with E-state index in [4.69, 9.17) is 0 Å². The lowest BCUT2D eigenvalue weighted by Crippen LogP contribution is -2.56. The maximum Gasteiger partial charge on any atom is 0.332 e. The molecule has 12 rings (SSSR count). The zero-order valence-corrected chi connectivity index (χ0v) is 26.3. The summed E-state index contributed by atoms with van der Waals surface area (Å²) in [5.74, 6) is 0. The van der Waals surface area contributed by atoms with Crippen molar-refractivity contribution in [3.05, 3.63) is 139 Å². The van der Waals surface area contributed by atoms with Crippen molar-refractivity contribution >= 4 is 101 Å². The van der Waals surface area contributed by atoms with Crippen LogP contribution in [0.3, 0.4) is 0 Å². The van der Waals surface area contributed by atoms with Crippen LogP contribution in [0.15, 0.2) is 133 Å². The monoisotopic (exact) mass is 606 g/mol. The van der Waals surface area contributed by atoms with Gasteiger partial charge in [-0.15, -0.1) is 0 Å². The van der Waals surface area contributed by atoms with Gasteiger partial charge in [-0.05, 0) is 41.1 Å². The van der Waals surface area contributed by atoms with E-state index in [0.717, 1.165) is 0 Å². The molecular weight excluding hydrogens is 580 g/mol. The zero-order valence-electron chi connectivity index (χ0n) is 26.3. The van der Waals surface area contributed by atoms with E-state index in [0.29, 0.717) is 0 Å². The fourth-order valence-electron chi connectivity index (χ4n) is 9.40. The number of H-pyrrole nitrogens is 1. The van der Waals surface area contributed by atoms with Crippen LogP contribution in [0.25, 0.3) is 82.2 Å². The largest absolute Gasteiger partial charge is 0.376 e. The van der Waals surface area contributed by atoms with E-state index in [1.54, 1.807) is 0 Å². The first kappa shape index (κ1) is 25.2. The number of nitrogens with zero attached hydrogens (tertiary/aromatic N) is 2. The van der Waals surface area contributed by atoms with E-state index >= 15 is 0 Å². The highest BCUT2D eigenvalue weighted by Gasteiger charge is 2.40. The quantitative estimate of drug-likeness (QED) is 0.198. The number of fused-ring (bicyclic) bond motifs is 7. The molecule has 0 atom stereocenters. The number of aromatic amines is 1. The molecule has 48 heavy (non-hydrogen) atoms. The SMILES string of the molecule is Cc1cccc2c3ccccc3n(B3c4ccc(-c5cccc6c5[nH]c5ccccc56)c5c4-n4c6c(cccc6c6cccc3c64)[B]5)c12. The van der Waals surface area contributed by atoms with E-state index in [2.05, 4.69) is 162 Å². The Kier molecular flexibility index (Phi) is 4.57. The summed E-state index contributed by atoms with van der Waals surface area (Å²) in [6.45, 7) is 2.27. The number of hydrogen-bond acceptors (Lipinski definition) is 0. The molecular formula is C43H26B2N3. The van der Waals surface area contributed by atoms with E-state index in [9.17, 15) is 0 Å². The molecule has 5 heteroatoms. The van der Waals surface area contributed by atoms with Crippen LogP contribution in [0.5, 0.6) is 0 Å². The number of benzene rings is 7. The highest BCUT2D eigenvalue weighted by Crippen LogP contribution is 2.39. The fourth-order valence-corrected chi connectivity index (χ4v) is 9.40. The van der Waals surface area contributed by atoms with Crippen LogP contribution in [0.2, 0.25) is 0 Å². The standard InChI is InChI=1S/C43H26B2N3/c1-24-10-6-15-30-26-12-3-5-21-37(26)48(40(24)30)45-34-19-9-17-32-31-16-8-18-33-41(31)47(42(32)34)43-35(45)23-22-27(38(43)44-33)29-14-7-13-28-25-11-2-4-20-36(25)46-39(28)29/h2-23,46H,1H3. The predicted molar refractivity (Wildman–Crippen MR) is 205 cm³/mol. The zero-order chi connectivity index (χ0) is 31.2. The highest BCUT2D eigenvalue weighted by molar-refractivity contribution is 6.89. The van der Waals surface area contributed by atoms with Crippen LogP contribution in [0.4, 0.5) is 0 Å². The molecule has 3 aromatic heterocycles. The minimum atomic E-state index is 0.00984. The number of nitrogens with one attached hydrogen (secondary N) is 1. The first-order valence-corrected chi connectivity index (χ1v) is 16.8. The summed E-state index contributed by atoms with van der Waals surface area (Å²) in [5.41, 5.74) is 17.9. The van der Waals surface area contributed by atoms with Gasteiger partial charge in [-0.2, -0.15) is 0 Å². The summed E-state index contributed by atoms with van der Waals surface area (Å²) in [4.78, 5) is 3.79. The third-order valence-electron chi connectivity index (χ3n) is 11.3. The molecule has 0 aliphatic carbocycles. The Morgan fingerprint density at radius 1 is 0.542 bits per heavy atom. The number of aryl methyl sites for hydroxylation is 1. The summed E-state index contributed by atoms with van der Waals surface area (Å²) >= 11 is 0. The smallest absolute Gasteiger partial charge is 0.332 e. The van der Waals surface area contributed by atoms with Crippen molar-refractivity contribution in [2.75, 3.05) is 0 Å². The van der Waals surface area contributed by atoms with Gasteiger partial charge in [0.15, 0.2) is 7.28 Å². The topological polar surface area (TPSA) is 25.6 Å². The van der Waals surface area contributed by atoms with Gasteiger partial charge in [0.05, 0.1) is 11.0 Å². The summed E-state index contributed by atoms with van der Waals surface area (Å²) in [6, 6.07) is 49.7. The first-order chi connectivity index (χ1) is 23.8. The number of aromatic nitrogens is 3. The van der Waals surface area contributed by atoms with Crippen molar-refractivity contribution in [2.45, 2.75) is 6.92 Å². The predicted octanol–water partition coefficient (Wildman–Crippen LogP) is 7.44. The van der Waals surface area contributed by atoms with Crippen LogP contribution in [0, 0.1) is 6.92 Å². The Morgan fingerprint density at radius 3 is 2.17 bits per heavy atom. The average molecular weight is 606 g/mol. The van der Waals surface area contributed by atoms with Gasteiger partial charge in [0.25, 0.3) is 0 Å². The molecule has 3 nitrogen and oxygen atoms in total. The summed E-state index contributed by atoms with van der Waals surface area (Å²) in [6.07, 6.45) is 0. The van der Waals surface area contributed by atoms with Crippen LogP contribution in [-0.4, -0.2) is 28.2 Å². The van der Waals surface area contributed by atoms with Gasteiger partial charge >= 0.3 is 6.85 Å². The third kappa shape index (κ3) is 2.91. The molecule has 0 spiro atoms. The lowest BCUT2D eigenvalue weighted by atomic mass is 9.45. The lowest BCUT2D eigenvalue weighted by molar-refractivity contribution is 1.19. The van der Waals surface area contributed by atoms with Crippen LogP contribution >= 0.6 is 0 Å². The third-order valence-corrected chi connectivity index (χ3v) is 11.3. The lowest BCUT2D eigenvalue weighted by Gasteiger charge is -2.33. The summed E-state index contributed by atoms with van der Waals surface area (Å²) in [7, 11) is 2.45. The summed E-state index contributed by atoms with van der Waals surface area (Å²) in [5, 5.41) is 7.79. The second kappa shape index (κ2) is 8.70. The Bertz CT molecular complexity index is 3070. The fraction of sp³-hybridized carbons (Fsp3) is 0.0233. The molecule has 5 heterocycles. The second-order valence-corrected chi connectivity index (χ2v) is 13.6. The molecule has 0 unspecified atom stereocenters.